The summed E-state index contributed by atoms with van der Waals surface area (Å²) in [4.78, 5) is 15.9. The summed E-state index contributed by atoms with van der Waals surface area (Å²) in [6.07, 6.45) is 1.48. The van der Waals surface area contributed by atoms with Gasteiger partial charge in [0.15, 0.2) is 5.82 Å². The zero-order valence-corrected chi connectivity index (χ0v) is 13.8. The lowest BCUT2D eigenvalue weighted by Gasteiger charge is -2.08. The van der Waals surface area contributed by atoms with Gasteiger partial charge in [-0.2, -0.15) is 15.3 Å². The van der Waals surface area contributed by atoms with Crippen LogP contribution < -0.4 is 10.6 Å². The summed E-state index contributed by atoms with van der Waals surface area (Å²) in [5.74, 6) is 0.325. The Labute approximate surface area is 149 Å². The van der Waals surface area contributed by atoms with Gasteiger partial charge in [-0.1, -0.05) is 6.07 Å². The van der Waals surface area contributed by atoms with E-state index < -0.39 is 5.97 Å². The van der Waals surface area contributed by atoms with Crippen molar-refractivity contribution in [2.75, 3.05) is 17.7 Å². The number of esters is 1. The smallest absolute Gasteiger partial charge is 0.337 e. The van der Waals surface area contributed by atoms with Crippen LogP contribution in [0.25, 0.3) is 0 Å². The fraction of sp³-hybridized carbons (Fsp3) is 0.0556. The molecule has 3 aromatic rings. The molecule has 0 spiro atoms. The molecule has 3 rings (SSSR count). The summed E-state index contributed by atoms with van der Waals surface area (Å²) >= 11 is 0. The number of nitrogens with zero attached hydrogens (tertiary/aromatic N) is 4. The van der Waals surface area contributed by atoms with Gasteiger partial charge in [-0.15, -0.1) is 5.10 Å². The van der Waals surface area contributed by atoms with Crippen LogP contribution >= 0.6 is 0 Å². The molecule has 1 heterocycles. The lowest BCUT2D eigenvalue weighted by molar-refractivity contribution is 0.0601. The van der Waals surface area contributed by atoms with Gasteiger partial charge in [-0.3, -0.25) is 0 Å². The van der Waals surface area contributed by atoms with E-state index in [0.717, 1.165) is 5.69 Å². The van der Waals surface area contributed by atoms with E-state index in [1.807, 2.05) is 0 Å². The van der Waals surface area contributed by atoms with Gasteiger partial charge in [0.05, 0.1) is 30.5 Å². The SMILES string of the molecule is COC(=O)c1cccc(Nc2nncc(Nc3ccc(C#N)cc3)n2)c1. The van der Waals surface area contributed by atoms with Crippen molar-refractivity contribution in [1.82, 2.24) is 15.2 Å². The molecule has 0 radical (unpaired) electrons. The fourth-order valence-corrected chi connectivity index (χ4v) is 2.16. The maximum Gasteiger partial charge on any atom is 0.337 e. The normalized spacial score (nSPS) is 9.85. The molecular weight excluding hydrogens is 332 g/mol. The first-order valence-corrected chi connectivity index (χ1v) is 7.60. The second-order valence-electron chi connectivity index (χ2n) is 5.18. The molecule has 0 bridgehead atoms. The van der Waals surface area contributed by atoms with Crippen molar-refractivity contribution in [3.8, 4) is 6.07 Å². The van der Waals surface area contributed by atoms with E-state index in [-0.39, 0.29) is 5.95 Å². The molecule has 0 unspecified atom stereocenters. The maximum absolute atomic E-state index is 11.6. The van der Waals surface area contributed by atoms with Gasteiger partial charge in [-0.25, -0.2) is 4.79 Å². The van der Waals surface area contributed by atoms with E-state index in [2.05, 4.69) is 31.9 Å². The van der Waals surface area contributed by atoms with Crippen LogP contribution in [-0.4, -0.2) is 28.3 Å². The minimum absolute atomic E-state index is 0.269. The van der Waals surface area contributed by atoms with Crippen LogP contribution in [0.4, 0.5) is 23.1 Å². The number of hydrogen-bond acceptors (Lipinski definition) is 8. The molecule has 8 nitrogen and oxygen atoms in total. The molecular formula is C18H14N6O2. The van der Waals surface area contributed by atoms with Gasteiger partial charge in [0.2, 0.25) is 5.95 Å². The van der Waals surface area contributed by atoms with E-state index in [0.29, 0.717) is 22.6 Å². The van der Waals surface area contributed by atoms with Crippen LogP contribution in [0.15, 0.2) is 54.7 Å². The highest BCUT2D eigenvalue weighted by Gasteiger charge is 2.07. The summed E-state index contributed by atoms with van der Waals surface area (Å²) in [6, 6.07) is 15.8. The van der Waals surface area contributed by atoms with Gasteiger partial charge in [0.1, 0.15) is 0 Å². The first-order valence-electron chi connectivity index (χ1n) is 7.60. The molecule has 0 amide bonds. The van der Waals surface area contributed by atoms with Crippen LogP contribution in [-0.2, 0) is 4.74 Å². The van der Waals surface area contributed by atoms with E-state index in [1.54, 1.807) is 48.5 Å². The Morgan fingerprint density at radius 1 is 1.12 bits per heavy atom. The number of carbonyl (C=O) groups excluding carboxylic acids is 1. The zero-order valence-electron chi connectivity index (χ0n) is 13.8. The van der Waals surface area contributed by atoms with E-state index in [4.69, 9.17) is 10.00 Å². The van der Waals surface area contributed by atoms with Crippen molar-refractivity contribution in [3.05, 3.63) is 65.9 Å². The predicted molar refractivity (Wildman–Crippen MR) is 95.3 cm³/mol. The van der Waals surface area contributed by atoms with Gasteiger partial charge in [0.25, 0.3) is 0 Å². The van der Waals surface area contributed by atoms with Crippen molar-refractivity contribution in [2.45, 2.75) is 0 Å². The van der Waals surface area contributed by atoms with Crippen LogP contribution in [0.2, 0.25) is 0 Å². The number of nitrogens with one attached hydrogen (secondary N) is 2. The summed E-state index contributed by atoms with van der Waals surface area (Å²) < 4.78 is 4.70. The second kappa shape index (κ2) is 7.72. The largest absolute Gasteiger partial charge is 0.465 e. The summed E-state index contributed by atoms with van der Waals surface area (Å²) in [7, 11) is 1.33. The number of nitriles is 1. The Balaban J connectivity index is 1.75. The van der Waals surface area contributed by atoms with Crippen LogP contribution in [0, 0.1) is 11.3 Å². The lowest BCUT2D eigenvalue weighted by Crippen LogP contribution is -2.04. The van der Waals surface area contributed by atoms with Crippen LogP contribution in [0.3, 0.4) is 0 Å². The summed E-state index contributed by atoms with van der Waals surface area (Å²) in [5, 5.41) is 22.7. The third-order valence-electron chi connectivity index (χ3n) is 3.39. The van der Waals surface area contributed by atoms with Crippen LogP contribution in [0.5, 0.6) is 0 Å². The van der Waals surface area contributed by atoms with E-state index in [1.165, 1.54) is 13.3 Å². The first kappa shape index (κ1) is 16.9. The monoisotopic (exact) mass is 346 g/mol. The Kier molecular flexibility index (Phi) is 5.00. The third-order valence-corrected chi connectivity index (χ3v) is 3.39. The summed E-state index contributed by atoms with van der Waals surface area (Å²) in [5.41, 5.74) is 2.38. The second-order valence-corrected chi connectivity index (χ2v) is 5.18. The van der Waals surface area contributed by atoms with Crippen molar-refractivity contribution in [1.29, 1.82) is 5.26 Å². The van der Waals surface area contributed by atoms with Crippen LogP contribution in [0.1, 0.15) is 15.9 Å². The van der Waals surface area contributed by atoms with Crippen molar-refractivity contribution >= 4 is 29.1 Å². The quantitative estimate of drug-likeness (QED) is 0.678. The standard InChI is InChI=1S/C18H14N6O2/c1-26-17(25)13-3-2-4-15(9-13)22-18-23-16(11-20-24-18)21-14-7-5-12(10-19)6-8-14/h2-9,11H,1H3,(H2,21,22,23,24). The molecule has 2 aromatic carbocycles. The number of benzene rings is 2. The minimum Gasteiger partial charge on any atom is -0.465 e. The number of hydrogen-bond donors (Lipinski definition) is 2. The van der Waals surface area contributed by atoms with E-state index >= 15 is 0 Å². The highest BCUT2D eigenvalue weighted by atomic mass is 16.5. The highest BCUT2D eigenvalue weighted by molar-refractivity contribution is 5.90. The van der Waals surface area contributed by atoms with Crippen molar-refractivity contribution in [2.24, 2.45) is 0 Å². The molecule has 128 valence electrons. The number of rotatable bonds is 5. The molecule has 26 heavy (non-hydrogen) atoms. The molecule has 1 aromatic heterocycles. The Morgan fingerprint density at radius 3 is 2.65 bits per heavy atom. The molecule has 0 saturated carbocycles. The number of methoxy groups -OCH3 is 1. The fourth-order valence-electron chi connectivity index (χ4n) is 2.16. The van der Waals surface area contributed by atoms with Crippen molar-refractivity contribution < 1.29 is 9.53 Å². The molecule has 0 aliphatic carbocycles. The molecule has 0 saturated heterocycles. The molecule has 0 atom stereocenters. The predicted octanol–water partition coefficient (Wildman–Crippen LogP) is 3.02. The molecule has 8 heteroatoms. The lowest BCUT2D eigenvalue weighted by atomic mass is 10.2. The molecule has 0 aliphatic heterocycles. The number of aromatic nitrogens is 3. The Hall–Kier alpha value is -3.99. The average Bonchev–Trinajstić information content (AvgIpc) is 2.68. The molecule has 0 aliphatic rings. The number of ether oxygens (including phenoxy) is 1. The number of anilines is 4. The Morgan fingerprint density at radius 2 is 1.92 bits per heavy atom. The van der Waals surface area contributed by atoms with Gasteiger partial charge < -0.3 is 15.4 Å². The zero-order chi connectivity index (χ0) is 18.4. The highest BCUT2D eigenvalue weighted by Crippen LogP contribution is 2.18. The first-order chi connectivity index (χ1) is 12.7. The Bertz CT molecular complexity index is 966. The topological polar surface area (TPSA) is 113 Å². The van der Waals surface area contributed by atoms with Gasteiger partial charge in [0, 0.05) is 11.4 Å². The summed E-state index contributed by atoms with van der Waals surface area (Å²) in [6.45, 7) is 0. The van der Waals surface area contributed by atoms with Crippen molar-refractivity contribution in [3.63, 3.8) is 0 Å². The minimum atomic E-state index is -0.427. The maximum atomic E-state index is 11.6. The van der Waals surface area contributed by atoms with Gasteiger partial charge >= 0.3 is 5.97 Å². The third kappa shape index (κ3) is 4.10. The number of carbonyl (C=O) groups is 1. The van der Waals surface area contributed by atoms with E-state index in [9.17, 15) is 4.79 Å². The van der Waals surface area contributed by atoms with Gasteiger partial charge in [-0.05, 0) is 42.5 Å². The molecule has 2 N–H and O–H groups in total. The molecule has 0 fully saturated rings. The average molecular weight is 346 g/mol.